The first-order valence-electron chi connectivity index (χ1n) is 8.44. The molecule has 1 saturated heterocycles. The molecule has 0 saturated carbocycles. The Morgan fingerprint density at radius 3 is 2.24 bits per heavy atom. The maximum absolute atomic E-state index is 8.87. The predicted octanol–water partition coefficient (Wildman–Crippen LogP) is 3.54. The van der Waals surface area contributed by atoms with Crippen LogP contribution in [0.3, 0.4) is 0 Å². The van der Waals surface area contributed by atoms with E-state index in [4.69, 9.17) is 21.6 Å². The topological polar surface area (TPSA) is 39.5 Å². The van der Waals surface area contributed by atoms with Crippen molar-refractivity contribution >= 4 is 11.6 Å². The summed E-state index contributed by atoms with van der Waals surface area (Å²) in [6.45, 7) is 5.89. The zero-order valence-electron chi connectivity index (χ0n) is 14.4. The van der Waals surface area contributed by atoms with E-state index in [2.05, 4.69) is 15.9 Å². The van der Waals surface area contributed by atoms with Crippen LogP contribution in [0, 0.1) is 11.3 Å². The van der Waals surface area contributed by atoms with Crippen LogP contribution in [0.2, 0.25) is 5.02 Å². The largest absolute Gasteiger partial charge is 0.496 e. The quantitative estimate of drug-likeness (QED) is 0.822. The zero-order chi connectivity index (χ0) is 17.6. The van der Waals surface area contributed by atoms with Crippen molar-refractivity contribution in [3.63, 3.8) is 0 Å². The van der Waals surface area contributed by atoms with Crippen molar-refractivity contribution in [1.82, 2.24) is 9.80 Å². The van der Waals surface area contributed by atoms with E-state index in [1.165, 1.54) is 5.56 Å². The van der Waals surface area contributed by atoms with E-state index in [0.717, 1.165) is 55.6 Å². The van der Waals surface area contributed by atoms with Crippen LogP contribution < -0.4 is 4.74 Å². The third-order valence-corrected chi connectivity index (χ3v) is 4.83. The fourth-order valence-electron chi connectivity index (χ4n) is 3.16. The van der Waals surface area contributed by atoms with Crippen molar-refractivity contribution in [2.24, 2.45) is 0 Å². The fourth-order valence-corrected chi connectivity index (χ4v) is 3.35. The van der Waals surface area contributed by atoms with Crippen LogP contribution in [0.25, 0.3) is 0 Å². The Morgan fingerprint density at radius 2 is 1.64 bits per heavy atom. The summed E-state index contributed by atoms with van der Waals surface area (Å²) in [6, 6.07) is 15.8. The van der Waals surface area contributed by atoms with Crippen molar-refractivity contribution in [2.45, 2.75) is 13.1 Å². The number of hydrogen-bond acceptors (Lipinski definition) is 4. The zero-order valence-corrected chi connectivity index (χ0v) is 15.2. The molecule has 0 N–H and O–H groups in total. The van der Waals surface area contributed by atoms with Gasteiger partial charge in [0, 0.05) is 49.9 Å². The molecular formula is C20H22ClN3O. The Balaban J connectivity index is 1.53. The Kier molecular flexibility index (Phi) is 5.93. The highest BCUT2D eigenvalue weighted by Gasteiger charge is 2.18. The Bertz CT molecular complexity index is 747. The van der Waals surface area contributed by atoms with Gasteiger partial charge in [-0.25, -0.2) is 0 Å². The van der Waals surface area contributed by atoms with E-state index in [1.807, 2.05) is 42.5 Å². The molecule has 3 rings (SSSR count). The highest BCUT2D eigenvalue weighted by atomic mass is 35.5. The second-order valence-electron chi connectivity index (χ2n) is 6.32. The molecule has 5 heteroatoms. The molecule has 0 unspecified atom stereocenters. The van der Waals surface area contributed by atoms with E-state index < -0.39 is 0 Å². The van der Waals surface area contributed by atoms with Crippen LogP contribution in [-0.4, -0.2) is 43.1 Å². The monoisotopic (exact) mass is 355 g/mol. The first-order valence-corrected chi connectivity index (χ1v) is 8.82. The first kappa shape index (κ1) is 17.8. The van der Waals surface area contributed by atoms with Gasteiger partial charge in [-0.3, -0.25) is 9.80 Å². The number of nitriles is 1. The third-order valence-electron chi connectivity index (χ3n) is 4.59. The molecule has 0 aliphatic carbocycles. The lowest BCUT2D eigenvalue weighted by Gasteiger charge is -2.35. The summed E-state index contributed by atoms with van der Waals surface area (Å²) in [5.74, 6) is 0.893. The van der Waals surface area contributed by atoms with Crippen LogP contribution in [0.5, 0.6) is 5.75 Å². The Hall–Kier alpha value is -2.06. The van der Waals surface area contributed by atoms with E-state index in [9.17, 15) is 0 Å². The van der Waals surface area contributed by atoms with Gasteiger partial charge in [-0.2, -0.15) is 5.26 Å². The molecule has 1 aliphatic rings. The number of halogens is 1. The number of benzene rings is 2. The average molecular weight is 356 g/mol. The molecule has 2 aromatic carbocycles. The lowest BCUT2D eigenvalue weighted by atomic mass is 10.1. The lowest BCUT2D eigenvalue weighted by molar-refractivity contribution is 0.121. The van der Waals surface area contributed by atoms with Gasteiger partial charge in [0.05, 0.1) is 18.7 Å². The van der Waals surface area contributed by atoms with Crippen LogP contribution in [0.15, 0.2) is 42.5 Å². The number of ether oxygens (including phenoxy) is 1. The van der Waals surface area contributed by atoms with Crippen molar-refractivity contribution in [3.05, 3.63) is 64.2 Å². The number of nitrogens with zero attached hydrogens (tertiary/aromatic N) is 3. The van der Waals surface area contributed by atoms with Gasteiger partial charge in [0.1, 0.15) is 5.75 Å². The van der Waals surface area contributed by atoms with Gasteiger partial charge >= 0.3 is 0 Å². The number of methoxy groups -OCH3 is 1. The molecule has 4 nitrogen and oxygen atoms in total. The summed E-state index contributed by atoms with van der Waals surface area (Å²) < 4.78 is 5.44. The molecule has 0 atom stereocenters. The maximum atomic E-state index is 8.87. The van der Waals surface area contributed by atoms with E-state index >= 15 is 0 Å². The highest BCUT2D eigenvalue weighted by Crippen LogP contribution is 2.24. The van der Waals surface area contributed by atoms with Crippen LogP contribution in [0.1, 0.15) is 16.7 Å². The summed E-state index contributed by atoms with van der Waals surface area (Å²) in [7, 11) is 1.70. The normalized spacial score (nSPS) is 15.7. The molecule has 1 heterocycles. The van der Waals surface area contributed by atoms with Gasteiger partial charge in [-0.15, -0.1) is 0 Å². The number of hydrogen-bond donors (Lipinski definition) is 0. The summed E-state index contributed by atoms with van der Waals surface area (Å²) in [5, 5.41) is 9.62. The minimum atomic E-state index is 0.712. The average Bonchev–Trinajstić information content (AvgIpc) is 2.64. The molecule has 0 spiro atoms. The van der Waals surface area contributed by atoms with Gasteiger partial charge in [-0.1, -0.05) is 23.7 Å². The Labute approximate surface area is 154 Å². The van der Waals surface area contributed by atoms with Crippen molar-refractivity contribution in [3.8, 4) is 11.8 Å². The van der Waals surface area contributed by atoms with Crippen molar-refractivity contribution in [2.75, 3.05) is 33.3 Å². The summed E-state index contributed by atoms with van der Waals surface area (Å²) in [4.78, 5) is 4.89. The van der Waals surface area contributed by atoms with Crippen LogP contribution in [-0.2, 0) is 13.1 Å². The molecule has 130 valence electrons. The van der Waals surface area contributed by atoms with Gasteiger partial charge in [0.25, 0.3) is 0 Å². The minimum Gasteiger partial charge on any atom is -0.496 e. The minimum absolute atomic E-state index is 0.712. The summed E-state index contributed by atoms with van der Waals surface area (Å²) >= 11 is 6.12. The maximum Gasteiger partial charge on any atom is 0.123 e. The molecule has 0 bridgehead atoms. The molecule has 2 aromatic rings. The molecule has 0 aromatic heterocycles. The second kappa shape index (κ2) is 8.35. The Morgan fingerprint density at radius 1 is 1.00 bits per heavy atom. The number of rotatable bonds is 5. The van der Waals surface area contributed by atoms with E-state index in [-0.39, 0.29) is 0 Å². The predicted molar refractivity (Wildman–Crippen MR) is 99.7 cm³/mol. The fraction of sp³-hybridized carbons (Fsp3) is 0.350. The molecular weight excluding hydrogens is 334 g/mol. The van der Waals surface area contributed by atoms with Gasteiger partial charge in [0.15, 0.2) is 0 Å². The molecule has 25 heavy (non-hydrogen) atoms. The molecule has 0 radical (unpaired) electrons. The van der Waals surface area contributed by atoms with Crippen molar-refractivity contribution < 1.29 is 4.74 Å². The molecule has 0 amide bonds. The third kappa shape index (κ3) is 4.73. The van der Waals surface area contributed by atoms with Crippen molar-refractivity contribution in [1.29, 1.82) is 5.26 Å². The van der Waals surface area contributed by atoms with Crippen LogP contribution in [0.4, 0.5) is 0 Å². The SMILES string of the molecule is COc1ccc(Cl)cc1CN1CCN(Cc2ccc(C#N)cc2)CC1. The molecule has 1 fully saturated rings. The summed E-state index contributed by atoms with van der Waals surface area (Å²) in [6.07, 6.45) is 0. The van der Waals surface area contributed by atoms with Crippen LogP contribution >= 0.6 is 11.6 Å². The van der Waals surface area contributed by atoms with Gasteiger partial charge in [0.2, 0.25) is 0 Å². The first-order chi connectivity index (χ1) is 12.2. The lowest BCUT2D eigenvalue weighted by Crippen LogP contribution is -2.45. The van der Waals surface area contributed by atoms with E-state index in [0.29, 0.717) is 5.56 Å². The standard InChI is InChI=1S/C20H22ClN3O/c1-25-20-7-6-19(21)12-18(20)15-24-10-8-23(9-11-24)14-17-4-2-16(13-22)3-5-17/h2-7,12H,8-11,14-15H2,1H3. The molecule has 1 aliphatic heterocycles. The van der Waals surface area contributed by atoms with E-state index in [1.54, 1.807) is 7.11 Å². The highest BCUT2D eigenvalue weighted by molar-refractivity contribution is 6.30. The van der Waals surface area contributed by atoms with Gasteiger partial charge < -0.3 is 4.74 Å². The number of piperazine rings is 1. The second-order valence-corrected chi connectivity index (χ2v) is 6.75. The van der Waals surface area contributed by atoms with Gasteiger partial charge in [-0.05, 0) is 35.9 Å². The smallest absolute Gasteiger partial charge is 0.123 e. The summed E-state index contributed by atoms with van der Waals surface area (Å²) in [5.41, 5.74) is 3.10.